The van der Waals surface area contributed by atoms with Crippen LogP contribution in [0, 0.1) is 12.7 Å². The second kappa shape index (κ2) is 7.61. The van der Waals surface area contributed by atoms with Crippen molar-refractivity contribution in [2.45, 2.75) is 32.0 Å². The molecule has 1 aliphatic rings. The number of aryl methyl sites for hydroxylation is 1. The molecule has 0 saturated heterocycles. The van der Waals surface area contributed by atoms with Crippen LogP contribution >= 0.6 is 0 Å². The zero-order chi connectivity index (χ0) is 23.3. The van der Waals surface area contributed by atoms with Gasteiger partial charge in [0.2, 0.25) is 5.91 Å². The molecule has 0 fully saturated rings. The predicted octanol–water partition coefficient (Wildman–Crippen LogP) is 4.37. The van der Waals surface area contributed by atoms with Gasteiger partial charge in [-0.25, -0.2) is 24.0 Å². The number of nitrogens with zero attached hydrogens (tertiary/aromatic N) is 5. The van der Waals surface area contributed by atoms with Crippen LogP contribution in [0.25, 0.3) is 22.6 Å². The first-order valence-corrected chi connectivity index (χ1v) is 10.0. The first-order chi connectivity index (χ1) is 15.7. The van der Waals surface area contributed by atoms with Crippen LogP contribution in [0.3, 0.4) is 0 Å². The number of benzene rings is 1. The Morgan fingerprint density at radius 1 is 1.15 bits per heavy atom. The summed E-state index contributed by atoms with van der Waals surface area (Å²) in [7, 11) is 0. The molecule has 1 amide bonds. The van der Waals surface area contributed by atoms with Crippen LogP contribution in [-0.4, -0.2) is 36.8 Å². The molecule has 1 N–H and O–H groups in total. The van der Waals surface area contributed by atoms with E-state index in [1.807, 2.05) is 0 Å². The highest BCUT2D eigenvalue weighted by molar-refractivity contribution is 5.95. The maximum absolute atomic E-state index is 14.2. The average molecular weight is 456 g/mol. The van der Waals surface area contributed by atoms with E-state index in [1.54, 1.807) is 36.5 Å². The van der Waals surface area contributed by atoms with Gasteiger partial charge in [0.05, 0.1) is 17.8 Å². The van der Waals surface area contributed by atoms with Gasteiger partial charge >= 0.3 is 6.18 Å². The molecule has 0 saturated carbocycles. The predicted molar refractivity (Wildman–Crippen MR) is 111 cm³/mol. The lowest BCUT2D eigenvalue weighted by Gasteiger charge is -2.27. The second-order valence-electron chi connectivity index (χ2n) is 7.71. The number of pyridine rings is 1. The van der Waals surface area contributed by atoms with Crippen molar-refractivity contribution in [3.8, 4) is 11.5 Å². The van der Waals surface area contributed by atoms with Crippen molar-refractivity contribution in [1.82, 2.24) is 24.7 Å². The zero-order valence-electron chi connectivity index (χ0n) is 17.2. The highest BCUT2D eigenvalue weighted by Gasteiger charge is 2.47. The topological polar surface area (TPSA) is 85.6 Å². The lowest BCUT2D eigenvalue weighted by molar-refractivity contribution is -0.157. The molecule has 1 unspecified atom stereocenters. The van der Waals surface area contributed by atoms with Crippen LogP contribution in [0.2, 0.25) is 0 Å². The van der Waals surface area contributed by atoms with Crippen molar-refractivity contribution in [3.63, 3.8) is 0 Å². The van der Waals surface area contributed by atoms with Crippen LogP contribution in [0.1, 0.15) is 29.2 Å². The van der Waals surface area contributed by atoms with E-state index in [9.17, 15) is 22.4 Å². The standard InChI is InChI=1S/C22H16F4N6O/c1-11-17-14(22(24,25)26)9-16(33)29-19(17)30-20(28-11)18-13-6-4-8-27-21(13)32(31-18)10-12-5-2-3-7-15(12)23/h2-8,14H,9-10H2,1H3,(H,28,29,30,33). The van der Waals surface area contributed by atoms with E-state index in [-0.39, 0.29) is 35.1 Å². The Kier molecular flexibility index (Phi) is 4.84. The van der Waals surface area contributed by atoms with E-state index in [0.717, 1.165) is 0 Å². The quantitative estimate of drug-likeness (QED) is 0.463. The molecule has 0 spiro atoms. The minimum absolute atomic E-state index is 0.0414. The summed E-state index contributed by atoms with van der Waals surface area (Å²) in [6, 6.07) is 9.64. The van der Waals surface area contributed by atoms with Gasteiger partial charge in [-0.15, -0.1) is 0 Å². The van der Waals surface area contributed by atoms with Crippen LogP contribution in [0.4, 0.5) is 23.4 Å². The number of anilines is 1. The number of carbonyl (C=O) groups excluding carboxylic acids is 1. The minimum atomic E-state index is -4.61. The van der Waals surface area contributed by atoms with E-state index in [2.05, 4.69) is 25.4 Å². The van der Waals surface area contributed by atoms with Crippen LogP contribution in [0.5, 0.6) is 0 Å². The highest BCUT2D eigenvalue weighted by Crippen LogP contribution is 2.44. The van der Waals surface area contributed by atoms with E-state index >= 15 is 0 Å². The number of nitrogens with one attached hydrogen (secondary N) is 1. The van der Waals surface area contributed by atoms with Crippen molar-refractivity contribution in [1.29, 1.82) is 0 Å². The number of hydrogen-bond acceptors (Lipinski definition) is 5. The van der Waals surface area contributed by atoms with E-state index in [0.29, 0.717) is 16.6 Å². The highest BCUT2D eigenvalue weighted by atomic mass is 19.4. The summed E-state index contributed by atoms with van der Waals surface area (Å²) in [5.74, 6) is -3.30. The van der Waals surface area contributed by atoms with Crippen molar-refractivity contribution < 1.29 is 22.4 Å². The number of fused-ring (bicyclic) bond motifs is 2. The SMILES string of the molecule is Cc1nc(-c2nn(Cc3ccccc3F)c3ncccc23)nc2c1C(C(F)(F)F)CC(=O)N2. The Labute approximate surface area is 184 Å². The van der Waals surface area contributed by atoms with Crippen LogP contribution in [0.15, 0.2) is 42.6 Å². The molecule has 1 atom stereocenters. The smallest absolute Gasteiger partial charge is 0.310 e. The fourth-order valence-corrected chi connectivity index (χ4v) is 4.02. The van der Waals surface area contributed by atoms with Gasteiger partial charge in [-0.05, 0) is 25.1 Å². The number of carbonyl (C=O) groups is 1. The summed E-state index contributed by atoms with van der Waals surface area (Å²) < 4.78 is 56.4. The van der Waals surface area contributed by atoms with Crippen LogP contribution < -0.4 is 5.32 Å². The van der Waals surface area contributed by atoms with Crippen molar-refractivity contribution in [2.75, 3.05) is 5.32 Å². The Bertz CT molecular complexity index is 1400. The van der Waals surface area contributed by atoms with Crippen molar-refractivity contribution in [2.24, 2.45) is 0 Å². The Morgan fingerprint density at radius 3 is 2.70 bits per heavy atom. The maximum Gasteiger partial charge on any atom is 0.396 e. The molecule has 4 aromatic rings. The van der Waals surface area contributed by atoms with E-state index in [4.69, 9.17) is 0 Å². The number of aromatic nitrogens is 5. The van der Waals surface area contributed by atoms with Gasteiger partial charge in [-0.3, -0.25) is 4.79 Å². The maximum atomic E-state index is 14.2. The number of amides is 1. The molecule has 1 aliphatic heterocycles. The molecule has 5 rings (SSSR count). The molecular formula is C22H16F4N6O. The van der Waals surface area contributed by atoms with Gasteiger partial charge < -0.3 is 5.32 Å². The Morgan fingerprint density at radius 2 is 1.94 bits per heavy atom. The molecule has 0 radical (unpaired) electrons. The molecule has 0 bridgehead atoms. The fraction of sp³-hybridized carbons (Fsp3) is 0.227. The molecule has 33 heavy (non-hydrogen) atoms. The lowest BCUT2D eigenvalue weighted by atomic mass is 9.91. The minimum Gasteiger partial charge on any atom is -0.310 e. The monoisotopic (exact) mass is 456 g/mol. The summed E-state index contributed by atoms with van der Waals surface area (Å²) in [5.41, 5.74) is 1.04. The van der Waals surface area contributed by atoms with Crippen LogP contribution in [-0.2, 0) is 11.3 Å². The molecule has 168 valence electrons. The molecule has 11 heteroatoms. The van der Waals surface area contributed by atoms with Gasteiger partial charge in [-0.2, -0.15) is 18.3 Å². The van der Waals surface area contributed by atoms with Crippen molar-refractivity contribution in [3.05, 3.63) is 65.2 Å². The summed E-state index contributed by atoms with van der Waals surface area (Å²) in [5, 5.41) is 7.47. The van der Waals surface area contributed by atoms with Gasteiger partial charge in [0.25, 0.3) is 0 Å². The number of rotatable bonds is 3. The van der Waals surface area contributed by atoms with Crippen molar-refractivity contribution >= 4 is 22.8 Å². The number of halogens is 4. The molecule has 7 nitrogen and oxygen atoms in total. The largest absolute Gasteiger partial charge is 0.396 e. The van der Waals surface area contributed by atoms with E-state index < -0.39 is 30.2 Å². The molecule has 0 aliphatic carbocycles. The summed E-state index contributed by atoms with van der Waals surface area (Å²) in [6.07, 6.45) is -3.77. The first kappa shape index (κ1) is 21.0. The molecule has 3 aromatic heterocycles. The second-order valence-corrected chi connectivity index (χ2v) is 7.71. The summed E-state index contributed by atoms with van der Waals surface area (Å²) in [6.45, 7) is 1.52. The third-order valence-corrected chi connectivity index (χ3v) is 5.52. The summed E-state index contributed by atoms with van der Waals surface area (Å²) in [4.78, 5) is 24.8. The summed E-state index contributed by atoms with van der Waals surface area (Å²) >= 11 is 0. The van der Waals surface area contributed by atoms with E-state index in [1.165, 1.54) is 17.7 Å². The molecule has 1 aromatic carbocycles. The number of hydrogen-bond donors (Lipinski definition) is 1. The lowest BCUT2D eigenvalue weighted by Crippen LogP contribution is -2.33. The Balaban J connectivity index is 1.65. The Hall–Kier alpha value is -3.89. The normalized spacial score (nSPS) is 16.0. The molecule has 4 heterocycles. The number of alkyl halides is 3. The third-order valence-electron chi connectivity index (χ3n) is 5.52. The zero-order valence-corrected chi connectivity index (χ0v) is 17.2. The fourth-order valence-electron chi connectivity index (χ4n) is 4.02. The molecular weight excluding hydrogens is 440 g/mol. The third kappa shape index (κ3) is 3.69. The van der Waals surface area contributed by atoms with Gasteiger partial charge in [0, 0.05) is 29.4 Å². The van der Waals surface area contributed by atoms with Gasteiger partial charge in [-0.1, -0.05) is 18.2 Å². The first-order valence-electron chi connectivity index (χ1n) is 10.0. The van der Waals surface area contributed by atoms with Gasteiger partial charge in [0.1, 0.15) is 17.3 Å². The van der Waals surface area contributed by atoms with Gasteiger partial charge in [0.15, 0.2) is 11.5 Å². The average Bonchev–Trinajstić information content (AvgIpc) is 3.12.